The zero-order valence-corrected chi connectivity index (χ0v) is 11.5. The Labute approximate surface area is 117 Å². The fourth-order valence-electron chi connectivity index (χ4n) is 2.21. The highest BCUT2D eigenvalue weighted by Crippen LogP contribution is 2.23. The van der Waals surface area contributed by atoms with E-state index in [1.807, 2.05) is 19.1 Å². The van der Waals surface area contributed by atoms with E-state index in [2.05, 4.69) is 5.32 Å². The van der Waals surface area contributed by atoms with Gasteiger partial charge >= 0.3 is 0 Å². The fourth-order valence-corrected chi connectivity index (χ4v) is 2.21. The standard InChI is InChI=1S/C16H19F2NO/c1-2-9-19-16(8-6-13-4-3-10-20-13)14-11-12(17)5-7-15(14)18/h3-5,7,10-11,16,19H,2,6,8-9H2,1H3. The highest BCUT2D eigenvalue weighted by Gasteiger charge is 2.16. The lowest BCUT2D eigenvalue weighted by molar-refractivity contribution is 0.438. The lowest BCUT2D eigenvalue weighted by Crippen LogP contribution is -2.23. The minimum atomic E-state index is -0.414. The zero-order chi connectivity index (χ0) is 14.4. The van der Waals surface area contributed by atoms with E-state index in [9.17, 15) is 8.78 Å². The third kappa shape index (κ3) is 3.90. The van der Waals surface area contributed by atoms with Gasteiger partial charge in [0.1, 0.15) is 17.4 Å². The lowest BCUT2D eigenvalue weighted by Gasteiger charge is -2.19. The summed E-state index contributed by atoms with van der Waals surface area (Å²) in [6.07, 6.45) is 3.90. The van der Waals surface area contributed by atoms with Gasteiger partial charge in [-0.05, 0) is 49.7 Å². The Hall–Kier alpha value is -1.68. The molecule has 0 radical (unpaired) electrons. The van der Waals surface area contributed by atoms with Crippen molar-refractivity contribution >= 4 is 0 Å². The molecule has 0 bridgehead atoms. The molecule has 2 aromatic rings. The molecule has 1 aromatic heterocycles. The van der Waals surface area contributed by atoms with Gasteiger partial charge in [-0.25, -0.2) is 8.78 Å². The Bertz CT molecular complexity index is 525. The molecule has 0 fully saturated rings. The fraction of sp³-hybridized carbons (Fsp3) is 0.375. The maximum Gasteiger partial charge on any atom is 0.128 e. The highest BCUT2D eigenvalue weighted by atomic mass is 19.1. The van der Waals surface area contributed by atoms with Crippen LogP contribution >= 0.6 is 0 Å². The summed E-state index contributed by atoms with van der Waals surface area (Å²) < 4.78 is 32.5. The van der Waals surface area contributed by atoms with Gasteiger partial charge in [0.2, 0.25) is 0 Å². The second-order valence-electron chi connectivity index (χ2n) is 4.79. The molecule has 0 aliphatic carbocycles. The third-order valence-corrected chi connectivity index (χ3v) is 3.23. The summed E-state index contributed by atoms with van der Waals surface area (Å²) in [5.74, 6) is 0.0623. The van der Waals surface area contributed by atoms with Crippen molar-refractivity contribution in [3.8, 4) is 0 Å². The molecule has 0 amide bonds. The molecule has 0 saturated heterocycles. The van der Waals surface area contributed by atoms with Crippen LogP contribution in [0.2, 0.25) is 0 Å². The SMILES string of the molecule is CCCNC(CCc1ccco1)c1cc(F)ccc1F. The van der Waals surface area contributed by atoms with Gasteiger partial charge in [0.25, 0.3) is 0 Å². The van der Waals surface area contributed by atoms with Crippen molar-refractivity contribution in [3.63, 3.8) is 0 Å². The molecule has 1 unspecified atom stereocenters. The van der Waals surface area contributed by atoms with E-state index in [1.165, 1.54) is 12.1 Å². The van der Waals surface area contributed by atoms with Gasteiger partial charge in [-0.2, -0.15) is 0 Å². The minimum absolute atomic E-state index is 0.212. The van der Waals surface area contributed by atoms with Crippen LogP contribution in [0.15, 0.2) is 41.0 Å². The smallest absolute Gasteiger partial charge is 0.128 e. The van der Waals surface area contributed by atoms with Gasteiger partial charge < -0.3 is 9.73 Å². The van der Waals surface area contributed by atoms with Crippen molar-refractivity contribution in [1.29, 1.82) is 0 Å². The van der Waals surface area contributed by atoms with Crippen LogP contribution in [-0.2, 0) is 6.42 Å². The molecule has 108 valence electrons. The molecule has 2 rings (SSSR count). The molecule has 2 nitrogen and oxygen atoms in total. The van der Waals surface area contributed by atoms with E-state index in [0.717, 1.165) is 24.8 Å². The van der Waals surface area contributed by atoms with Gasteiger partial charge in [-0.1, -0.05) is 6.92 Å². The summed E-state index contributed by atoms with van der Waals surface area (Å²) in [6.45, 7) is 2.80. The number of hydrogen-bond donors (Lipinski definition) is 1. The monoisotopic (exact) mass is 279 g/mol. The summed E-state index contributed by atoms with van der Waals surface area (Å²) in [4.78, 5) is 0. The van der Waals surface area contributed by atoms with Crippen molar-refractivity contribution in [1.82, 2.24) is 5.32 Å². The van der Waals surface area contributed by atoms with Crippen molar-refractivity contribution in [3.05, 3.63) is 59.6 Å². The first-order valence-corrected chi connectivity index (χ1v) is 6.91. The minimum Gasteiger partial charge on any atom is -0.469 e. The number of rotatable bonds is 7. The van der Waals surface area contributed by atoms with Crippen LogP contribution < -0.4 is 5.32 Å². The average molecular weight is 279 g/mol. The molecular formula is C16H19F2NO. The van der Waals surface area contributed by atoms with Crippen molar-refractivity contribution in [2.75, 3.05) is 6.54 Å². The number of nitrogens with one attached hydrogen (secondary N) is 1. The van der Waals surface area contributed by atoms with Crippen LogP contribution in [0.4, 0.5) is 8.78 Å². The molecule has 0 aliphatic rings. The zero-order valence-electron chi connectivity index (χ0n) is 11.5. The normalized spacial score (nSPS) is 12.6. The first-order valence-electron chi connectivity index (χ1n) is 6.91. The van der Waals surface area contributed by atoms with Gasteiger partial charge in [0, 0.05) is 18.0 Å². The molecule has 1 heterocycles. The van der Waals surface area contributed by atoms with E-state index in [1.54, 1.807) is 6.26 Å². The molecule has 4 heteroatoms. The van der Waals surface area contributed by atoms with Crippen molar-refractivity contribution in [2.24, 2.45) is 0 Å². The van der Waals surface area contributed by atoms with Crippen LogP contribution in [0.5, 0.6) is 0 Å². The van der Waals surface area contributed by atoms with Crippen LogP contribution in [0.1, 0.15) is 37.1 Å². The number of furan rings is 1. The Kier molecular flexibility index (Phi) is 5.30. The number of hydrogen-bond acceptors (Lipinski definition) is 2. The maximum atomic E-state index is 13.9. The van der Waals surface area contributed by atoms with E-state index in [4.69, 9.17) is 4.42 Å². The molecule has 20 heavy (non-hydrogen) atoms. The number of halogens is 2. The van der Waals surface area contributed by atoms with Crippen molar-refractivity contribution in [2.45, 2.75) is 32.2 Å². The first kappa shape index (κ1) is 14.7. The quantitative estimate of drug-likeness (QED) is 0.820. The van der Waals surface area contributed by atoms with Gasteiger partial charge in [-0.15, -0.1) is 0 Å². The largest absolute Gasteiger partial charge is 0.469 e. The summed E-state index contributed by atoms with van der Waals surface area (Å²) >= 11 is 0. The van der Waals surface area contributed by atoms with Crippen LogP contribution in [0.25, 0.3) is 0 Å². The lowest BCUT2D eigenvalue weighted by atomic mass is 10.00. The van der Waals surface area contributed by atoms with Crippen molar-refractivity contribution < 1.29 is 13.2 Å². The molecule has 1 aromatic carbocycles. The van der Waals surface area contributed by atoms with E-state index < -0.39 is 5.82 Å². The Balaban J connectivity index is 2.11. The predicted molar refractivity (Wildman–Crippen MR) is 74.4 cm³/mol. The van der Waals surface area contributed by atoms with E-state index >= 15 is 0 Å². The molecular weight excluding hydrogens is 260 g/mol. The molecule has 1 atom stereocenters. The number of benzene rings is 1. The second kappa shape index (κ2) is 7.20. The van der Waals surface area contributed by atoms with Gasteiger partial charge in [0.15, 0.2) is 0 Å². The predicted octanol–water partition coefficient (Wildman–Crippen LogP) is 4.23. The highest BCUT2D eigenvalue weighted by molar-refractivity contribution is 5.22. The molecule has 0 aliphatic heterocycles. The summed E-state index contributed by atoms with van der Waals surface area (Å²) in [7, 11) is 0. The van der Waals surface area contributed by atoms with Gasteiger partial charge in [-0.3, -0.25) is 0 Å². The van der Waals surface area contributed by atoms with Crippen LogP contribution in [0.3, 0.4) is 0 Å². The summed E-state index contributed by atoms with van der Waals surface area (Å²) in [5, 5.41) is 3.27. The maximum absolute atomic E-state index is 13.9. The third-order valence-electron chi connectivity index (χ3n) is 3.23. The molecule has 0 saturated carbocycles. The number of aryl methyl sites for hydroxylation is 1. The van der Waals surface area contributed by atoms with E-state index in [-0.39, 0.29) is 11.9 Å². The molecule has 1 N–H and O–H groups in total. The van der Waals surface area contributed by atoms with E-state index in [0.29, 0.717) is 18.4 Å². The summed E-state index contributed by atoms with van der Waals surface area (Å²) in [5.41, 5.74) is 0.380. The van der Waals surface area contributed by atoms with Gasteiger partial charge in [0.05, 0.1) is 6.26 Å². The summed E-state index contributed by atoms with van der Waals surface area (Å²) in [6, 6.07) is 7.09. The topological polar surface area (TPSA) is 25.2 Å². The molecule has 0 spiro atoms. The average Bonchev–Trinajstić information content (AvgIpc) is 2.95. The Morgan fingerprint density at radius 2 is 2.10 bits per heavy atom. The first-order chi connectivity index (χ1) is 9.70. The van der Waals surface area contributed by atoms with Crippen LogP contribution in [0, 0.1) is 11.6 Å². The van der Waals surface area contributed by atoms with Crippen LogP contribution in [-0.4, -0.2) is 6.54 Å². The Morgan fingerprint density at radius 3 is 2.80 bits per heavy atom. The second-order valence-corrected chi connectivity index (χ2v) is 4.79. The Morgan fingerprint density at radius 1 is 1.25 bits per heavy atom.